The Morgan fingerprint density at radius 1 is 1.04 bits per heavy atom. The van der Waals surface area contributed by atoms with Crippen LogP contribution in [0, 0.1) is 0 Å². The summed E-state index contributed by atoms with van der Waals surface area (Å²) in [7, 11) is -3.60. The van der Waals surface area contributed by atoms with Crippen molar-refractivity contribution >= 4 is 15.9 Å². The van der Waals surface area contributed by atoms with E-state index in [-0.39, 0.29) is 30.5 Å². The number of sulfonamides is 1. The van der Waals surface area contributed by atoms with Gasteiger partial charge in [-0.05, 0) is 28.8 Å². The van der Waals surface area contributed by atoms with Crippen molar-refractivity contribution < 1.29 is 18.3 Å². The summed E-state index contributed by atoms with van der Waals surface area (Å²) in [6, 6.07) is 12.3. The second-order valence-corrected chi connectivity index (χ2v) is 8.95. The lowest BCUT2D eigenvalue weighted by Gasteiger charge is -2.25. The van der Waals surface area contributed by atoms with E-state index in [1.54, 1.807) is 11.0 Å². The third kappa shape index (κ3) is 3.34. The summed E-state index contributed by atoms with van der Waals surface area (Å²) in [6.07, 6.45) is 2.88. The summed E-state index contributed by atoms with van der Waals surface area (Å²) in [5, 5.41) is 9.73. The molecule has 4 rings (SSSR count). The van der Waals surface area contributed by atoms with Crippen LogP contribution in [0.25, 0.3) is 0 Å². The number of aliphatic hydroxyl groups is 1. The molecule has 0 bridgehead atoms. The fourth-order valence-electron chi connectivity index (χ4n) is 3.75. The first-order chi connectivity index (χ1) is 13.5. The molecule has 28 heavy (non-hydrogen) atoms. The highest BCUT2D eigenvalue weighted by atomic mass is 32.2. The smallest absolute Gasteiger partial charge is 0.245 e. The van der Waals surface area contributed by atoms with Gasteiger partial charge in [0.2, 0.25) is 15.9 Å². The molecule has 0 spiro atoms. The van der Waals surface area contributed by atoms with E-state index in [1.807, 2.05) is 30.3 Å². The predicted octanol–water partition coefficient (Wildman–Crippen LogP) is 1.00. The standard InChI is InChI=1S/C20H21N3O4S/c24-14-19(15-5-2-1-3-6-15)20(25)22-10-16-12-23(13-17(16)11-22)28(26,27)18-7-4-8-21-9-18/h1-9,19,24H,10-14H2. The van der Waals surface area contributed by atoms with Gasteiger partial charge in [0.05, 0.1) is 12.5 Å². The highest BCUT2D eigenvalue weighted by Crippen LogP contribution is 2.31. The fraction of sp³-hybridized carbons (Fsp3) is 0.300. The van der Waals surface area contributed by atoms with Gasteiger partial charge in [0.25, 0.3) is 0 Å². The Labute approximate surface area is 164 Å². The molecule has 146 valence electrons. The van der Waals surface area contributed by atoms with Crippen molar-refractivity contribution in [3.05, 3.63) is 71.6 Å². The average Bonchev–Trinajstić information content (AvgIpc) is 3.30. The van der Waals surface area contributed by atoms with E-state index in [9.17, 15) is 18.3 Å². The zero-order valence-corrected chi connectivity index (χ0v) is 16.0. The molecule has 8 heteroatoms. The molecule has 7 nitrogen and oxygen atoms in total. The fourth-order valence-corrected chi connectivity index (χ4v) is 5.15. The number of aromatic nitrogens is 1. The van der Waals surface area contributed by atoms with E-state index >= 15 is 0 Å². The lowest BCUT2D eigenvalue weighted by atomic mass is 9.98. The molecule has 2 aromatic rings. The maximum atomic E-state index is 12.9. The van der Waals surface area contributed by atoms with Crippen molar-refractivity contribution in [3.63, 3.8) is 0 Å². The molecule has 2 aliphatic heterocycles. The molecule has 1 aromatic heterocycles. The Hall–Kier alpha value is -2.55. The minimum Gasteiger partial charge on any atom is -0.395 e. The van der Waals surface area contributed by atoms with Gasteiger partial charge in [-0.25, -0.2) is 8.42 Å². The number of aliphatic hydroxyl groups excluding tert-OH is 1. The van der Waals surface area contributed by atoms with Crippen molar-refractivity contribution in [2.75, 3.05) is 32.8 Å². The molecule has 0 fully saturated rings. The van der Waals surface area contributed by atoms with Crippen LogP contribution >= 0.6 is 0 Å². The van der Waals surface area contributed by atoms with Crippen LogP contribution in [0.1, 0.15) is 11.5 Å². The molecule has 3 heterocycles. The average molecular weight is 399 g/mol. The summed E-state index contributed by atoms with van der Waals surface area (Å²) in [4.78, 5) is 18.7. The summed E-state index contributed by atoms with van der Waals surface area (Å²) in [5.41, 5.74) is 2.71. The highest BCUT2D eigenvalue weighted by molar-refractivity contribution is 7.89. The van der Waals surface area contributed by atoms with Gasteiger partial charge in [-0.15, -0.1) is 0 Å². The Bertz CT molecular complexity index is 988. The van der Waals surface area contributed by atoms with Crippen LogP contribution in [0.2, 0.25) is 0 Å². The number of carbonyl (C=O) groups excluding carboxylic acids is 1. The molecule has 1 unspecified atom stereocenters. The number of amides is 1. The Morgan fingerprint density at radius 2 is 1.71 bits per heavy atom. The van der Waals surface area contributed by atoms with Crippen LogP contribution in [0.3, 0.4) is 0 Å². The second kappa shape index (κ2) is 7.46. The van der Waals surface area contributed by atoms with Gasteiger partial charge in [-0.1, -0.05) is 30.3 Å². The molecule has 0 aliphatic carbocycles. The van der Waals surface area contributed by atoms with Crippen molar-refractivity contribution in [1.82, 2.24) is 14.2 Å². The lowest BCUT2D eigenvalue weighted by molar-refractivity contribution is -0.132. The summed E-state index contributed by atoms with van der Waals surface area (Å²) in [5.74, 6) is -0.735. The number of pyridine rings is 1. The van der Waals surface area contributed by atoms with Crippen molar-refractivity contribution in [1.29, 1.82) is 0 Å². The van der Waals surface area contributed by atoms with Gasteiger partial charge in [0.15, 0.2) is 0 Å². The van der Waals surface area contributed by atoms with E-state index < -0.39 is 15.9 Å². The largest absolute Gasteiger partial charge is 0.395 e. The van der Waals surface area contributed by atoms with Gasteiger partial charge in [-0.2, -0.15) is 4.31 Å². The van der Waals surface area contributed by atoms with Crippen LogP contribution in [0.4, 0.5) is 0 Å². The van der Waals surface area contributed by atoms with Crippen LogP contribution < -0.4 is 0 Å². The highest BCUT2D eigenvalue weighted by Gasteiger charge is 2.39. The lowest BCUT2D eigenvalue weighted by Crippen LogP contribution is -2.39. The van der Waals surface area contributed by atoms with Gasteiger partial charge in [-0.3, -0.25) is 9.78 Å². The normalized spacial score (nSPS) is 18.4. The topological polar surface area (TPSA) is 90.8 Å². The van der Waals surface area contributed by atoms with Gasteiger partial charge >= 0.3 is 0 Å². The third-order valence-electron chi connectivity index (χ3n) is 5.26. The Kier molecular flexibility index (Phi) is 5.01. The minimum atomic E-state index is -3.60. The number of benzene rings is 1. The Balaban J connectivity index is 1.44. The van der Waals surface area contributed by atoms with Gasteiger partial charge in [0, 0.05) is 38.6 Å². The first-order valence-electron chi connectivity index (χ1n) is 9.05. The van der Waals surface area contributed by atoms with Crippen molar-refractivity contribution in [2.24, 2.45) is 0 Å². The molecule has 0 radical (unpaired) electrons. The SMILES string of the molecule is O=C(C(CO)c1ccccc1)N1CC2=C(C1)CN(S(=O)(=O)c1cccnc1)C2. The molecule has 0 saturated carbocycles. The number of rotatable bonds is 5. The summed E-state index contributed by atoms with van der Waals surface area (Å²) >= 11 is 0. The Morgan fingerprint density at radius 3 is 2.29 bits per heavy atom. The molecular weight excluding hydrogens is 378 g/mol. The maximum absolute atomic E-state index is 12.9. The summed E-state index contributed by atoms with van der Waals surface area (Å²) in [6.45, 7) is 1.11. The van der Waals surface area contributed by atoms with Crippen LogP contribution in [0.5, 0.6) is 0 Å². The van der Waals surface area contributed by atoms with E-state index in [1.165, 1.54) is 22.8 Å². The molecule has 1 amide bonds. The number of hydrogen-bond donors (Lipinski definition) is 1. The second-order valence-electron chi connectivity index (χ2n) is 7.01. The molecule has 1 aromatic carbocycles. The van der Waals surface area contributed by atoms with Gasteiger partial charge < -0.3 is 10.0 Å². The quantitative estimate of drug-likeness (QED) is 0.758. The van der Waals surface area contributed by atoms with E-state index in [0.29, 0.717) is 13.1 Å². The number of hydrogen-bond acceptors (Lipinski definition) is 5. The zero-order valence-electron chi connectivity index (χ0n) is 15.2. The van der Waals surface area contributed by atoms with Gasteiger partial charge in [0.1, 0.15) is 4.90 Å². The number of nitrogens with zero attached hydrogens (tertiary/aromatic N) is 3. The zero-order chi connectivity index (χ0) is 19.7. The number of carbonyl (C=O) groups is 1. The van der Waals surface area contributed by atoms with Crippen LogP contribution in [-0.2, 0) is 14.8 Å². The summed E-state index contributed by atoms with van der Waals surface area (Å²) < 4.78 is 27.0. The molecular formula is C20H21N3O4S. The van der Waals surface area contributed by atoms with Crippen molar-refractivity contribution in [2.45, 2.75) is 10.8 Å². The van der Waals surface area contributed by atoms with Crippen LogP contribution in [0.15, 0.2) is 70.9 Å². The van der Waals surface area contributed by atoms with E-state index in [4.69, 9.17) is 0 Å². The monoisotopic (exact) mass is 399 g/mol. The molecule has 0 saturated heterocycles. The van der Waals surface area contributed by atoms with Crippen molar-refractivity contribution in [3.8, 4) is 0 Å². The van der Waals surface area contributed by atoms with Crippen LogP contribution in [-0.4, -0.2) is 66.4 Å². The maximum Gasteiger partial charge on any atom is 0.245 e. The van der Waals surface area contributed by atoms with E-state index in [2.05, 4.69) is 4.98 Å². The first kappa shape index (κ1) is 18.8. The first-order valence-corrected chi connectivity index (χ1v) is 10.5. The minimum absolute atomic E-state index is 0.134. The van der Waals surface area contributed by atoms with E-state index in [0.717, 1.165) is 16.7 Å². The predicted molar refractivity (Wildman–Crippen MR) is 103 cm³/mol. The molecule has 1 atom stereocenters. The third-order valence-corrected chi connectivity index (χ3v) is 7.04. The molecule has 2 aliphatic rings. The molecule has 1 N–H and O–H groups in total.